The molecule has 1 aromatic carbocycles. The van der Waals surface area contributed by atoms with E-state index in [2.05, 4.69) is 42.8 Å². The van der Waals surface area contributed by atoms with Crippen molar-refractivity contribution >= 4 is 10.0 Å². The molecule has 1 fully saturated rings. The molecule has 0 unspecified atom stereocenters. The largest absolute Gasteiger partial charge is 0.326 e. The van der Waals surface area contributed by atoms with Crippen LogP contribution in [0.15, 0.2) is 24.3 Å². The molecule has 1 aromatic rings. The van der Waals surface area contributed by atoms with Crippen LogP contribution in [0.1, 0.15) is 36.8 Å². The Balaban J connectivity index is 0.000000390. The summed E-state index contributed by atoms with van der Waals surface area (Å²) < 4.78 is 24.3. The van der Waals surface area contributed by atoms with Crippen LogP contribution in [0.25, 0.3) is 0 Å². The van der Waals surface area contributed by atoms with Gasteiger partial charge in [-0.3, -0.25) is 0 Å². The first-order chi connectivity index (χ1) is 9.28. The van der Waals surface area contributed by atoms with Gasteiger partial charge in [-0.1, -0.05) is 48.2 Å². The number of sulfonamides is 1. The van der Waals surface area contributed by atoms with E-state index in [0.717, 1.165) is 25.7 Å². The molecule has 0 radical (unpaired) electrons. The normalized spacial score (nSPS) is 21.7. The Morgan fingerprint density at radius 2 is 1.67 bits per heavy atom. The van der Waals surface area contributed by atoms with Gasteiger partial charge in [0.1, 0.15) is 0 Å². The molecule has 0 spiro atoms. The molecule has 3 N–H and O–H groups in total. The number of benzene rings is 1. The number of nitrogens with two attached hydrogens (primary N) is 1. The van der Waals surface area contributed by atoms with E-state index in [-0.39, 0.29) is 31.6 Å². The molecule has 4 nitrogen and oxygen atoms in total. The van der Waals surface area contributed by atoms with Gasteiger partial charge in [0, 0.05) is 31.6 Å². The van der Waals surface area contributed by atoms with Crippen molar-refractivity contribution in [2.75, 3.05) is 6.26 Å². The molecule has 1 aliphatic rings. The van der Waals surface area contributed by atoms with Crippen LogP contribution in [0.4, 0.5) is 0 Å². The standard InChI is InChI=1S/C8H10.C7H16N2O2S.Ru/c1-7-4-3-5-8(2)6-7;1-12(10,11)9-7-5-3-2-4-6(7)8;/h3-6H,1-2H3;6-7,9H,2-5,8H2,1H3;/t;6-,7-;/m.0./s1. The number of nitrogens with one attached hydrogen (secondary N) is 1. The second kappa shape index (κ2) is 9.67. The summed E-state index contributed by atoms with van der Waals surface area (Å²) in [5.41, 5.74) is 8.44. The molecule has 0 aromatic heterocycles. The first-order valence-corrected chi connectivity index (χ1v) is 8.93. The van der Waals surface area contributed by atoms with E-state index in [4.69, 9.17) is 5.73 Å². The fourth-order valence-corrected chi connectivity index (χ4v) is 3.23. The summed E-state index contributed by atoms with van der Waals surface area (Å²) in [5.74, 6) is 0. The van der Waals surface area contributed by atoms with Gasteiger partial charge in [0.05, 0.1) is 6.26 Å². The van der Waals surface area contributed by atoms with Crippen LogP contribution in [0, 0.1) is 13.8 Å². The fourth-order valence-electron chi connectivity index (χ4n) is 2.39. The second-order valence-electron chi connectivity index (χ2n) is 5.60. The molecule has 1 saturated carbocycles. The number of aryl methyl sites for hydroxylation is 2. The van der Waals surface area contributed by atoms with Gasteiger partial charge in [-0.15, -0.1) is 0 Å². The molecule has 1 aliphatic carbocycles. The summed E-state index contributed by atoms with van der Waals surface area (Å²) in [7, 11) is -3.09. The zero-order valence-electron chi connectivity index (χ0n) is 12.9. The molecule has 21 heavy (non-hydrogen) atoms. The van der Waals surface area contributed by atoms with E-state index in [1.54, 1.807) is 0 Å². The molecule has 122 valence electrons. The van der Waals surface area contributed by atoms with Gasteiger partial charge in [0.25, 0.3) is 0 Å². The summed E-state index contributed by atoms with van der Waals surface area (Å²) in [5, 5.41) is 0. The van der Waals surface area contributed by atoms with Crippen molar-refractivity contribution in [2.24, 2.45) is 5.73 Å². The predicted molar refractivity (Wildman–Crippen MR) is 84.1 cm³/mol. The minimum Gasteiger partial charge on any atom is -0.326 e. The monoisotopic (exact) mass is 400 g/mol. The number of hydrogen-bond acceptors (Lipinski definition) is 3. The van der Waals surface area contributed by atoms with Crippen molar-refractivity contribution in [3.05, 3.63) is 35.4 Å². The van der Waals surface area contributed by atoms with Gasteiger partial charge < -0.3 is 5.73 Å². The minimum absolute atomic E-state index is 0. The number of hydrogen-bond donors (Lipinski definition) is 2. The van der Waals surface area contributed by atoms with E-state index in [9.17, 15) is 8.42 Å². The Morgan fingerprint density at radius 1 is 1.14 bits per heavy atom. The summed E-state index contributed by atoms with van der Waals surface area (Å²) in [6, 6.07) is 8.40. The molecule has 0 amide bonds. The maximum absolute atomic E-state index is 10.9. The van der Waals surface area contributed by atoms with Gasteiger partial charge in [0.15, 0.2) is 0 Å². The van der Waals surface area contributed by atoms with Crippen molar-refractivity contribution in [1.82, 2.24) is 4.72 Å². The molecule has 0 heterocycles. The summed E-state index contributed by atoms with van der Waals surface area (Å²) in [6.45, 7) is 4.21. The van der Waals surface area contributed by atoms with Crippen molar-refractivity contribution < 1.29 is 27.9 Å². The van der Waals surface area contributed by atoms with Crippen molar-refractivity contribution in [2.45, 2.75) is 51.6 Å². The van der Waals surface area contributed by atoms with Gasteiger partial charge in [0.2, 0.25) is 10.0 Å². The molecule has 0 aliphatic heterocycles. The minimum atomic E-state index is -3.09. The van der Waals surface area contributed by atoms with Gasteiger partial charge in [-0.05, 0) is 26.7 Å². The van der Waals surface area contributed by atoms with E-state index < -0.39 is 10.0 Å². The Morgan fingerprint density at radius 3 is 2.05 bits per heavy atom. The zero-order chi connectivity index (χ0) is 15.2. The van der Waals surface area contributed by atoms with Crippen molar-refractivity contribution in [1.29, 1.82) is 0 Å². The maximum Gasteiger partial charge on any atom is 0.209 e. The SMILES string of the molecule is CS(=O)(=O)N[C@H]1CCCC[C@@H]1N.Cc1cccc(C)c1.[Ru]. The fraction of sp³-hybridized carbons (Fsp3) is 0.600. The molecule has 2 rings (SSSR count). The Kier molecular flexibility index (Phi) is 9.54. The molecule has 0 saturated heterocycles. The third-order valence-corrected chi connectivity index (χ3v) is 4.09. The third-order valence-electron chi connectivity index (χ3n) is 3.36. The van der Waals surface area contributed by atoms with Crippen LogP contribution in [0.3, 0.4) is 0 Å². The van der Waals surface area contributed by atoms with Gasteiger partial charge in [-0.2, -0.15) is 0 Å². The third kappa shape index (κ3) is 9.36. The van der Waals surface area contributed by atoms with Crippen LogP contribution in [0.2, 0.25) is 0 Å². The van der Waals surface area contributed by atoms with Gasteiger partial charge >= 0.3 is 0 Å². The maximum atomic E-state index is 10.9. The van der Waals surface area contributed by atoms with E-state index in [1.807, 2.05) is 0 Å². The van der Waals surface area contributed by atoms with Crippen LogP contribution < -0.4 is 10.5 Å². The topological polar surface area (TPSA) is 72.2 Å². The number of rotatable bonds is 2. The average molecular weight is 400 g/mol. The molecule has 0 bridgehead atoms. The van der Waals surface area contributed by atoms with Crippen LogP contribution in [-0.4, -0.2) is 26.8 Å². The van der Waals surface area contributed by atoms with Crippen LogP contribution in [-0.2, 0) is 29.5 Å². The van der Waals surface area contributed by atoms with Crippen LogP contribution in [0.5, 0.6) is 0 Å². The predicted octanol–water partition coefficient (Wildman–Crippen LogP) is 2.11. The van der Waals surface area contributed by atoms with E-state index >= 15 is 0 Å². The van der Waals surface area contributed by atoms with Gasteiger partial charge in [-0.25, -0.2) is 13.1 Å². The first-order valence-electron chi connectivity index (χ1n) is 7.04. The Bertz CT molecular complexity index is 503. The summed E-state index contributed by atoms with van der Waals surface area (Å²) >= 11 is 0. The van der Waals surface area contributed by atoms with E-state index in [0.29, 0.717) is 0 Å². The summed E-state index contributed by atoms with van der Waals surface area (Å²) in [4.78, 5) is 0. The van der Waals surface area contributed by atoms with E-state index in [1.165, 1.54) is 17.4 Å². The first kappa shape index (κ1) is 20.7. The Hall–Kier alpha value is -0.287. The molecule has 2 atom stereocenters. The second-order valence-corrected chi connectivity index (χ2v) is 7.38. The Labute approximate surface area is 141 Å². The van der Waals surface area contributed by atoms with Crippen molar-refractivity contribution in [3.63, 3.8) is 0 Å². The average Bonchev–Trinajstić information content (AvgIpc) is 2.31. The van der Waals surface area contributed by atoms with Crippen molar-refractivity contribution in [3.8, 4) is 0 Å². The molecular formula is C15H26N2O2RuS. The smallest absolute Gasteiger partial charge is 0.209 e. The zero-order valence-corrected chi connectivity index (χ0v) is 15.5. The summed E-state index contributed by atoms with van der Waals surface area (Å²) in [6.07, 6.45) is 5.15. The molecule has 6 heteroatoms. The van der Waals surface area contributed by atoms with Crippen LogP contribution >= 0.6 is 0 Å². The molecular weight excluding hydrogens is 373 g/mol. The quantitative estimate of drug-likeness (QED) is 0.748.